The smallest absolute Gasteiger partial charge is 0.320 e. The summed E-state index contributed by atoms with van der Waals surface area (Å²) in [5.74, 6) is 0.471. The number of rotatable bonds is 4. The highest BCUT2D eigenvalue weighted by Crippen LogP contribution is 2.31. The van der Waals surface area contributed by atoms with Crippen LogP contribution in [0.15, 0.2) is 22.6 Å². The molecule has 17 heavy (non-hydrogen) atoms. The molecule has 0 aliphatic rings. The molecule has 90 valence electrons. The predicted molar refractivity (Wildman–Crippen MR) is 66.8 cm³/mol. The summed E-state index contributed by atoms with van der Waals surface area (Å²) in [7, 11) is 0. The van der Waals surface area contributed by atoms with Gasteiger partial charge in [-0.25, -0.2) is 0 Å². The van der Waals surface area contributed by atoms with Gasteiger partial charge >= 0.3 is 6.01 Å². The van der Waals surface area contributed by atoms with Crippen LogP contribution in [0.4, 0.5) is 11.7 Å². The molecule has 0 aliphatic carbocycles. The highest BCUT2D eigenvalue weighted by Gasteiger charge is 2.10. The van der Waals surface area contributed by atoms with E-state index >= 15 is 0 Å². The van der Waals surface area contributed by atoms with Crippen molar-refractivity contribution in [3.8, 4) is 0 Å². The maximum Gasteiger partial charge on any atom is 0.320 e. The molecule has 1 heterocycles. The van der Waals surface area contributed by atoms with Gasteiger partial charge in [-0.3, -0.25) is 0 Å². The molecule has 1 aromatic carbocycles. The van der Waals surface area contributed by atoms with Gasteiger partial charge in [0, 0.05) is 13.0 Å². The van der Waals surface area contributed by atoms with Crippen LogP contribution >= 0.6 is 23.2 Å². The Balaban J connectivity index is 2.19. The van der Waals surface area contributed by atoms with Gasteiger partial charge < -0.3 is 15.5 Å². The quantitative estimate of drug-likeness (QED) is 0.895. The van der Waals surface area contributed by atoms with E-state index in [9.17, 15) is 0 Å². The standard InChI is InChI=1S/C10H10Cl2N4O/c11-6-2-1-3-7(12)9(6)14-10-16-15-8(17-10)4-5-13/h1-3H,4-5,13H2,(H,14,16). The van der Waals surface area contributed by atoms with Crippen LogP contribution < -0.4 is 11.1 Å². The fourth-order valence-corrected chi connectivity index (χ4v) is 1.74. The zero-order valence-corrected chi connectivity index (χ0v) is 10.3. The Kier molecular flexibility index (Phi) is 3.83. The van der Waals surface area contributed by atoms with E-state index in [0.29, 0.717) is 34.6 Å². The van der Waals surface area contributed by atoms with Crippen LogP contribution in [0, 0.1) is 0 Å². The summed E-state index contributed by atoms with van der Waals surface area (Å²) in [6.45, 7) is 0.453. The summed E-state index contributed by atoms with van der Waals surface area (Å²) < 4.78 is 5.31. The first-order chi connectivity index (χ1) is 8.20. The summed E-state index contributed by atoms with van der Waals surface area (Å²) in [6, 6.07) is 5.42. The van der Waals surface area contributed by atoms with E-state index < -0.39 is 0 Å². The van der Waals surface area contributed by atoms with Crippen LogP contribution in [0.2, 0.25) is 10.0 Å². The van der Waals surface area contributed by atoms with Gasteiger partial charge in [-0.05, 0) is 12.1 Å². The Morgan fingerprint density at radius 1 is 1.24 bits per heavy atom. The van der Waals surface area contributed by atoms with Gasteiger partial charge in [0.15, 0.2) is 0 Å². The lowest BCUT2D eigenvalue weighted by molar-refractivity contribution is 0.510. The fourth-order valence-electron chi connectivity index (χ4n) is 1.25. The number of hydrogen-bond donors (Lipinski definition) is 2. The van der Waals surface area contributed by atoms with Crippen molar-refractivity contribution in [1.29, 1.82) is 0 Å². The molecule has 0 fully saturated rings. The van der Waals surface area contributed by atoms with Crippen molar-refractivity contribution < 1.29 is 4.42 Å². The topological polar surface area (TPSA) is 77.0 Å². The molecule has 0 saturated heterocycles. The lowest BCUT2D eigenvalue weighted by atomic mass is 10.3. The van der Waals surface area contributed by atoms with Crippen LogP contribution in [-0.4, -0.2) is 16.7 Å². The monoisotopic (exact) mass is 272 g/mol. The molecule has 1 aromatic heterocycles. The van der Waals surface area contributed by atoms with Gasteiger partial charge in [0.05, 0.1) is 15.7 Å². The number of halogens is 2. The van der Waals surface area contributed by atoms with E-state index in [-0.39, 0.29) is 6.01 Å². The maximum absolute atomic E-state index is 5.99. The largest absolute Gasteiger partial charge is 0.408 e. The molecule has 5 nitrogen and oxygen atoms in total. The van der Waals surface area contributed by atoms with Gasteiger partial charge in [0.25, 0.3) is 0 Å². The first-order valence-corrected chi connectivity index (χ1v) is 5.70. The molecule has 0 saturated carbocycles. The fraction of sp³-hybridized carbons (Fsp3) is 0.200. The van der Waals surface area contributed by atoms with Crippen molar-refractivity contribution in [2.24, 2.45) is 5.73 Å². The number of benzene rings is 1. The Morgan fingerprint density at radius 2 is 1.94 bits per heavy atom. The average molecular weight is 273 g/mol. The predicted octanol–water partition coefficient (Wildman–Crippen LogP) is 2.62. The first-order valence-electron chi connectivity index (χ1n) is 4.94. The number of nitrogens with zero attached hydrogens (tertiary/aromatic N) is 2. The van der Waals surface area contributed by atoms with Gasteiger partial charge in [0.1, 0.15) is 0 Å². The van der Waals surface area contributed by atoms with Gasteiger partial charge in [-0.2, -0.15) is 0 Å². The second-order valence-electron chi connectivity index (χ2n) is 3.26. The first kappa shape index (κ1) is 12.2. The van der Waals surface area contributed by atoms with E-state index in [2.05, 4.69) is 15.5 Å². The van der Waals surface area contributed by atoms with Gasteiger partial charge in [0.2, 0.25) is 5.89 Å². The maximum atomic E-state index is 5.99. The Morgan fingerprint density at radius 3 is 2.59 bits per heavy atom. The zero-order chi connectivity index (χ0) is 12.3. The molecule has 0 radical (unpaired) electrons. The minimum atomic E-state index is 0.239. The van der Waals surface area contributed by atoms with Crippen molar-refractivity contribution in [3.63, 3.8) is 0 Å². The van der Waals surface area contributed by atoms with Crippen molar-refractivity contribution >= 4 is 34.9 Å². The van der Waals surface area contributed by atoms with Crippen LogP contribution in [0.5, 0.6) is 0 Å². The number of nitrogens with one attached hydrogen (secondary N) is 1. The van der Waals surface area contributed by atoms with E-state index in [1.54, 1.807) is 18.2 Å². The van der Waals surface area contributed by atoms with Gasteiger partial charge in [-0.1, -0.05) is 34.4 Å². The number of aromatic nitrogens is 2. The number of hydrogen-bond acceptors (Lipinski definition) is 5. The second kappa shape index (κ2) is 5.35. The molecule has 7 heteroatoms. The molecule has 0 bridgehead atoms. The third-order valence-corrected chi connectivity index (χ3v) is 2.65. The Hall–Kier alpha value is -1.30. The second-order valence-corrected chi connectivity index (χ2v) is 4.08. The summed E-state index contributed by atoms with van der Waals surface area (Å²) in [5.41, 5.74) is 5.92. The molecular weight excluding hydrogens is 263 g/mol. The molecule has 0 atom stereocenters. The van der Waals surface area contributed by atoms with E-state index in [0.717, 1.165) is 0 Å². The third kappa shape index (κ3) is 2.88. The van der Waals surface area contributed by atoms with Crippen LogP contribution in [0.1, 0.15) is 5.89 Å². The lowest BCUT2D eigenvalue weighted by Gasteiger charge is -2.05. The van der Waals surface area contributed by atoms with Crippen molar-refractivity contribution in [2.75, 3.05) is 11.9 Å². The molecule has 0 spiro atoms. The highest BCUT2D eigenvalue weighted by atomic mass is 35.5. The van der Waals surface area contributed by atoms with Crippen molar-refractivity contribution in [3.05, 3.63) is 34.1 Å². The summed E-state index contributed by atoms with van der Waals surface area (Å²) >= 11 is 12.0. The molecular formula is C10H10Cl2N4O. The molecule has 0 amide bonds. The van der Waals surface area contributed by atoms with E-state index in [4.69, 9.17) is 33.4 Å². The molecule has 2 rings (SSSR count). The molecule has 0 aliphatic heterocycles. The number of anilines is 2. The molecule has 2 aromatic rings. The minimum absolute atomic E-state index is 0.239. The Bertz CT molecular complexity index is 495. The van der Waals surface area contributed by atoms with Gasteiger partial charge in [-0.15, -0.1) is 5.10 Å². The molecule has 0 unspecified atom stereocenters. The van der Waals surface area contributed by atoms with E-state index in [1.165, 1.54) is 0 Å². The number of para-hydroxylation sites is 1. The van der Waals surface area contributed by atoms with Crippen molar-refractivity contribution in [2.45, 2.75) is 6.42 Å². The normalized spacial score (nSPS) is 10.5. The average Bonchev–Trinajstić information content (AvgIpc) is 2.72. The summed E-state index contributed by atoms with van der Waals surface area (Å²) in [5, 5.41) is 11.5. The zero-order valence-electron chi connectivity index (χ0n) is 8.78. The van der Waals surface area contributed by atoms with E-state index in [1.807, 2.05) is 0 Å². The summed E-state index contributed by atoms with van der Waals surface area (Å²) in [4.78, 5) is 0. The van der Waals surface area contributed by atoms with Crippen LogP contribution in [0.25, 0.3) is 0 Å². The summed E-state index contributed by atoms with van der Waals surface area (Å²) in [6.07, 6.45) is 0.533. The highest BCUT2D eigenvalue weighted by molar-refractivity contribution is 6.39. The molecule has 3 N–H and O–H groups in total. The Labute approximate surface area is 108 Å². The lowest BCUT2D eigenvalue weighted by Crippen LogP contribution is -2.02. The van der Waals surface area contributed by atoms with Crippen LogP contribution in [0.3, 0.4) is 0 Å². The van der Waals surface area contributed by atoms with Crippen LogP contribution in [-0.2, 0) is 6.42 Å². The SMILES string of the molecule is NCCc1nnc(Nc2c(Cl)cccc2Cl)o1. The minimum Gasteiger partial charge on any atom is -0.408 e. The third-order valence-electron chi connectivity index (χ3n) is 2.02. The number of nitrogens with two attached hydrogens (primary N) is 1. The van der Waals surface area contributed by atoms with Crippen molar-refractivity contribution in [1.82, 2.24) is 10.2 Å².